The van der Waals surface area contributed by atoms with Crippen LogP contribution in [0, 0.1) is 51.9 Å². The Kier molecular flexibility index (Phi) is 9.40. The number of fused-ring (bicyclic) bond motifs is 1. The minimum absolute atomic E-state index is 0.0279. The van der Waals surface area contributed by atoms with Gasteiger partial charge in [0.05, 0.1) is 34.5 Å². The maximum atomic E-state index is 15.7. The number of aryl methyl sites for hydroxylation is 1. The zero-order valence-electron chi connectivity index (χ0n) is 26.3. The summed E-state index contributed by atoms with van der Waals surface area (Å²) < 4.78 is 62.0. The van der Waals surface area contributed by atoms with Gasteiger partial charge in [-0.3, -0.25) is 8.77 Å². The van der Waals surface area contributed by atoms with Gasteiger partial charge in [-0.15, -0.1) is 14.1 Å². The van der Waals surface area contributed by atoms with E-state index in [0.29, 0.717) is 38.9 Å². The van der Waals surface area contributed by atoms with E-state index in [1.54, 1.807) is 54.6 Å². The molecule has 6 aromatic rings. The zero-order valence-corrected chi connectivity index (χ0v) is 28.2. The molecule has 0 N–H and O–H groups in total. The first-order valence-corrected chi connectivity index (χ1v) is 16.3. The van der Waals surface area contributed by atoms with E-state index < -0.39 is 46.0 Å². The number of nitroso groups, excluding NO2 is 1. The molecule has 0 bridgehead atoms. The number of nitriles is 2. The first-order chi connectivity index (χ1) is 24.0. The van der Waals surface area contributed by atoms with Crippen LogP contribution in [0.1, 0.15) is 45.7 Å². The Hall–Kier alpha value is -5.61. The van der Waals surface area contributed by atoms with Crippen molar-refractivity contribution in [3.8, 4) is 45.6 Å². The molecule has 0 aliphatic rings. The molecule has 246 valence electrons. The van der Waals surface area contributed by atoms with Crippen LogP contribution in [0.3, 0.4) is 0 Å². The molecule has 5 aromatic carbocycles. The Bertz CT molecular complexity index is 2400. The smallest absolute Gasteiger partial charge is 0.279 e. The highest BCUT2D eigenvalue weighted by Crippen LogP contribution is 2.47. The number of carbonyl (C=O) groups is 1. The summed E-state index contributed by atoms with van der Waals surface area (Å²) in [6, 6.07) is 27.9. The molecule has 0 saturated carbocycles. The molecule has 12 heteroatoms. The second-order valence-electron chi connectivity index (χ2n) is 11.3. The predicted octanol–water partition coefficient (Wildman–Crippen LogP) is 10.1. The van der Waals surface area contributed by atoms with Crippen LogP contribution in [0.25, 0.3) is 44.4 Å². The van der Waals surface area contributed by atoms with E-state index in [-0.39, 0.29) is 16.7 Å². The maximum absolute atomic E-state index is 15.7. The van der Waals surface area contributed by atoms with Gasteiger partial charge in [-0.25, -0.2) is 17.6 Å². The average molecular weight is 707 g/mol. The fraction of sp³-hybridized carbons (Fsp3) is 0.0789. The van der Waals surface area contributed by atoms with Gasteiger partial charge >= 0.3 is 5.91 Å². The molecule has 0 spiro atoms. The lowest BCUT2D eigenvalue weighted by Crippen LogP contribution is -2.16. The Morgan fingerprint density at radius 1 is 0.840 bits per heavy atom. The summed E-state index contributed by atoms with van der Waals surface area (Å²) in [5.41, 5.74) is 2.39. The standard InChI is InChI=1S/C38H23F4N4O2PS/c1-19-9-14-28-27(15-19)31(29-24(17-43)7-4-8-25(29)18-44)36(46(28)50-26-12-10-21(11-13-26)20(2)39)23-6-3-5-22(16-23)30-33(40)34(41)32(38(47)45-48)35(42)37(30)49/h3-16,20H,49H2,1-2H3. The maximum Gasteiger partial charge on any atom is 0.322 e. The molecular formula is C38H23F4N4O2PS. The molecule has 1 aromatic heterocycles. The summed E-state index contributed by atoms with van der Waals surface area (Å²) in [4.78, 5) is 23.4. The lowest BCUT2D eigenvalue weighted by atomic mass is 9.90. The summed E-state index contributed by atoms with van der Waals surface area (Å²) in [5.74, 6) is -6.66. The second kappa shape index (κ2) is 13.7. The van der Waals surface area contributed by atoms with E-state index in [1.807, 2.05) is 38.3 Å². The summed E-state index contributed by atoms with van der Waals surface area (Å²) in [7, 11) is 1.95. The number of rotatable bonds is 7. The molecular weight excluding hydrogens is 683 g/mol. The normalized spacial score (nSPS) is 11.6. The summed E-state index contributed by atoms with van der Waals surface area (Å²) in [6.45, 7) is 3.33. The van der Waals surface area contributed by atoms with Gasteiger partial charge in [-0.05, 0) is 79.4 Å². The first-order valence-electron chi connectivity index (χ1n) is 15.0. The van der Waals surface area contributed by atoms with E-state index in [2.05, 4.69) is 17.3 Å². The van der Waals surface area contributed by atoms with E-state index in [1.165, 1.54) is 31.0 Å². The van der Waals surface area contributed by atoms with Crippen LogP contribution in [0.15, 0.2) is 95.0 Å². The van der Waals surface area contributed by atoms with Crippen LogP contribution < -0.4 is 5.30 Å². The molecule has 0 aliphatic heterocycles. The van der Waals surface area contributed by atoms with Gasteiger partial charge in [0.15, 0.2) is 11.6 Å². The second-order valence-corrected chi connectivity index (χ2v) is 12.9. The molecule has 2 unspecified atom stereocenters. The Labute approximate surface area is 290 Å². The minimum atomic E-state index is -1.85. The van der Waals surface area contributed by atoms with Crippen LogP contribution in [-0.4, -0.2) is 9.88 Å². The van der Waals surface area contributed by atoms with Crippen molar-refractivity contribution in [2.75, 3.05) is 0 Å². The predicted molar refractivity (Wildman–Crippen MR) is 189 cm³/mol. The molecule has 0 radical (unpaired) electrons. The summed E-state index contributed by atoms with van der Waals surface area (Å²) in [6.07, 6.45) is -1.18. The van der Waals surface area contributed by atoms with Gasteiger partial charge in [-0.1, -0.05) is 48.0 Å². The van der Waals surface area contributed by atoms with Crippen molar-refractivity contribution in [2.24, 2.45) is 5.18 Å². The van der Waals surface area contributed by atoms with Crippen molar-refractivity contribution in [1.82, 2.24) is 3.97 Å². The molecule has 6 rings (SSSR count). The molecule has 0 saturated heterocycles. The summed E-state index contributed by atoms with van der Waals surface area (Å²) in [5, 5.41) is 22.7. The lowest BCUT2D eigenvalue weighted by Gasteiger charge is -2.16. The minimum Gasteiger partial charge on any atom is -0.279 e. The Balaban J connectivity index is 1.71. The molecule has 6 nitrogen and oxygen atoms in total. The third-order valence-electron chi connectivity index (χ3n) is 8.25. The summed E-state index contributed by atoms with van der Waals surface area (Å²) >= 11 is 1.28. The van der Waals surface area contributed by atoms with Crippen LogP contribution in [0.4, 0.5) is 17.6 Å². The van der Waals surface area contributed by atoms with Crippen LogP contribution in [-0.2, 0) is 0 Å². The number of alkyl halides is 1. The number of aromatic nitrogens is 1. The third-order valence-corrected chi connectivity index (χ3v) is 9.84. The third kappa shape index (κ3) is 5.85. The Morgan fingerprint density at radius 2 is 1.48 bits per heavy atom. The fourth-order valence-corrected chi connectivity index (χ4v) is 7.36. The topological polar surface area (TPSA) is 99.0 Å². The number of hydrogen-bond donors (Lipinski definition) is 0. The lowest BCUT2D eigenvalue weighted by molar-refractivity contribution is 0.0992. The van der Waals surface area contributed by atoms with Gasteiger partial charge in [0.1, 0.15) is 17.6 Å². The number of halogens is 4. The molecule has 50 heavy (non-hydrogen) atoms. The van der Waals surface area contributed by atoms with Gasteiger partial charge < -0.3 is 0 Å². The largest absolute Gasteiger partial charge is 0.322 e. The van der Waals surface area contributed by atoms with Crippen LogP contribution >= 0.6 is 21.2 Å². The van der Waals surface area contributed by atoms with Crippen molar-refractivity contribution < 1.29 is 22.4 Å². The van der Waals surface area contributed by atoms with Gasteiger partial charge in [0.25, 0.3) is 0 Å². The number of hydrogen-bond acceptors (Lipinski definition) is 5. The van der Waals surface area contributed by atoms with Crippen molar-refractivity contribution in [2.45, 2.75) is 24.9 Å². The number of carbonyl (C=O) groups excluding carboxylic acids is 1. The number of amides is 1. The highest BCUT2D eigenvalue weighted by molar-refractivity contribution is 7.98. The van der Waals surface area contributed by atoms with Crippen LogP contribution in [0.5, 0.6) is 0 Å². The average Bonchev–Trinajstić information content (AvgIpc) is 3.42. The quantitative estimate of drug-likeness (QED) is 0.0712. The van der Waals surface area contributed by atoms with E-state index in [0.717, 1.165) is 10.5 Å². The highest BCUT2D eigenvalue weighted by atomic mass is 32.2. The number of benzene rings is 5. The molecule has 0 fully saturated rings. The van der Waals surface area contributed by atoms with Crippen molar-refractivity contribution in [3.63, 3.8) is 0 Å². The van der Waals surface area contributed by atoms with E-state index in [9.17, 15) is 24.6 Å². The van der Waals surface area contributed by atoms with Crippen LogP contribution in [0.2, 0.25) is 0 Å². The molecule has 1 heterocycles. The van der Waals surface area contributed by atoms with Gasteiger partial charge in [0, 0.05) is 43.0 Å². The number of nitrogens with zero attached hydrogens (tertiary/aromatic N) is 4. The van der Waals surface area contributed by atoms with Gasteiger partial charge in [-0.2, -0.15) is 10.5 Å². The molecule has 1 amide bonds. The van der Waals surface area contributed by atoms with E-state index >= 15 is 13.2 Å². The highest BCUT2D eigenvalue weighted by Gasteiger charge is 2.30. The molecule has 0 aliphatic carbocycles. The van der Waals surface area contributed by atoms with Crippen molar-refractivity contribution >= 4 is 43.3 Å². The Morgan fingerprint density at radius 3 is 2.10 bits per heavy atom. The van der Waals surface area contributed by atoms with E-state index in [4.69, 9.17) is 0 Å². The monoisotopic (exact) mass is 706 g/mol. The fourth-order valence-electron chi connectivity index (χ4n) is 5.91. The van der Waals surface area contributed by atoms with Crippen molar-refractivity contribution in [1.29, 1.82) is 10.5 Å². The van der Waals surface area contributed by atoms with Gasteiger partial charge in [0.2, 0.25) is 0 Å². The SMILES string of the molecule is Cc1ccc2c(c1)c(-c1c(C#N)cccc1C#N)c(-c1cccc(-c3c(F)c(F)c(C(=O)N=O)c(F)c3P)c1)n2Sc1ccc(C(C)F)cc1. The zero-order chi connectivity index (χ0) is 35.9. The first kappa shape index (κ1) is 34.3. The van der Waals surface area contributed by atoms with Crippen molar-refractivity contribution in [3.05, 3.63) is 135 Å². The molecule has 2 atom stereocenters.